The summed E-state index contributed by atoms with van der Waals surface area (Å²) >= 11 is 6.39. The van der Waals surface area contributed by atoms with Crippen molar-refractivity contribution in [2.24, 2.45) is 0 Å². The van der Waals surface area contributed by atoms with Crippen molar-refractivity contribution >= 4 is 28.0 Å². The zero-order valence-corrected chi connectivity index (χ0v) is 18.7. The van der Waals surface area contributed by atoms with Crippen LogP contribution in [-0.4, -0.2) is 9.51 Å². The Kier molecular flexibility index (Phi) is 4.47. The third-order valence-corrected chi connectivity index (χ3v) is 5.86. The number of pyridine rings is 1. The zero-order valence-electron chi connectivity index (χ0n) is 18.0. The summed E-state index contributed by atoms with van der Waals surface area (Å²) in [4.78, 5) is 0. The van der Waals surface area contributed by atoms with Crippen molar-refractivity contribution in [3.05, 3.63) is 70.9 Å². The van der Waals surface area contributed by atoms with Gasteiger partial charge in [0.2, 0.25) is 0 Å². The van der Waals surface area contributed by atoms with E-state index in [0.717, 1.165) is 33.3 Å². The molecule has 0 unspecified atom stereocenters. The van der Waals surface area contributed by atoms with E-state index in [0.29, 0.717) is 10.8 Å². The van der Waals surface area contributed by atoms with Gasteiger partial charge in [-0.25, -0.2) is 0 Å². The Labute approximate surface area is 177 Å². The molecule has 0 spiro atoms. The van der Waals surface area contributed by atoms with Gasteiger partial charge in [0.05, 0.1) is 11.0 Å². The van der Waals surface area contributed by atoms with Crippen LogP contribution in [-0.2, 0) is 10.8 Å². The summed E-state index contributed by atoms with van der Waals surface area (Å²) in [6, 6.07) is 16.7. The molecule has 0 fully saturated rings. The first-order valence-corrected chi connectivity index (χ1v) is 10.4. The lowest BCUT2D eigenvalue weighted by atomic mass is 9.77. The Hall–Kier alpha value is -2.45. The second kappa shape index (κ2) is 6.53. The average molecular weight is 406 g/mol. The topological polar surface area (TPSA) is 24.6 Å². The number of para-hydroxylation sites is 1. The Morgan fingerprint density at radius 2 is 1.38 bits per heavy atom. The van der Waals surface area contributed by atoms with E-state index in [9.17, 15) is 5.11 Å². The summed E-state index contributed by atoms with van der Waals surface area (Å²) < 4.78 is 2.19. The number of aromatic nitrogens is 1. The average Bonchev–Trinajstić information content (AvgIpc) is 2.93. The molecule has 0 saturated heterocycles. The molecule has 2 nitrogen and oxygen atoms in total. The highest BCUT2D eigenvalue weighted by Gasteiger charge is 2.28. The largest absolute Gasteiger partial charge is 0.507 e. The molecule has 2 aromatic carbocycles. The number of hydrogen-bond acceptors (Lipinski definition) is 1. The van der Waals surface area contributed by atoms with Gasteiger partial charge in [0.1, 0.15) is 5.75 Å². The summed E-state index contributed by atoms with van der Waals surface area (Å²) in [5, 5.41) is 13.0. The Bertz CT molecular complexity index is 1200. The monoisotopic (exact) mass is 405 g/mol. The first kappa shape index (κ1) is 19.8. The van der Waals surface area contributed by atoms with Gasteiger partial charge in [0.15, 0.2) is 0 Å². The number of fused-ring (bicyclic) bond motifs is 3. The van der Waals surface area contributed by atoms with Crippen LogP contribution in [0, 0.1) is 0 Å². The number of phenols is 1. The van der Waals surface area contributed by atoms with Crippen LogP contribution in [0.4, 0.5) is 0 Å². The minimum absolute atomic E-state index is 0.177. The van der Waals surface area contributed by atoms with Crippen LogP contribution >= 0.6 is 11.6 Å². The smallest absolute Gasteiger partial charge is 0.123 e. The summed E-state index contributed by atoms with van der Waals surface area (Å²) in [7, 11) is 0. The van der Waals surface area contributed by atoms with Crippen molar-refractivity contribution in [2.45, 2.75) is 52.4 Å². The van der Waals surface area contributed by atoms with E-state index < -0.39 is 0 Å². The quantitative estimate of drug-likeness (QED) is 0.344. The molecule has 1 N–H and O–H groups in total. The van der Waals surface area contributed by atoms with Gasteiger partial charge in [-0.1, -0.05) is 71.3 Å². The maximum absolute atomic E-state index is 11.1. The normalized spacial score (nSPS) is 12.8. The first-order valence-electron chi connectivity index (χ1n) is 10.0. The van der Waals surface area contributed by atoms with Gasteiger partial charge < -0.3 is 9.51 Å². The van der Waals surface area contributed by atoms with Gasteiger partial charge in [-0.3, -0.25) is 0 Å². The predicted molar refractivity (Wildman–Crippen MR) is 124 cm³/mol. The number of phenolic OH excluding ortho intramolecular Hbond substituents is 1. The van der Waals surface area contributed by atoms with Gasteiger partial charge >= 0.3 is 0 Å². The summed E-state index contributed by atoms with van der Waals surface area (Å²) in [5.74, 6) is 0.402. The summed E-state index contributed by atoms with van der Waals surface area (Å²) in [5.41, 5.74) is 6.06. The lowest BCUT2D eigenvalue weighted by molar-refractivity contribution is 0.423. The van der Waals surface area contributed by atoms with Crippen molar-refractivity contribution in [3.63, 3.8) is 0 Å². The van der Waals surface area contributed by atoms with Gasteiger partial charge in [-0.15, -0.1) is 0 Å². The molecule has 0 atom stereocenters. The lowest BCUT2D eigenvalue weighted by Crippen LogP contribution is -2.17. The Morgan fingerprint density at radius 3 is 1.97 bits per heavy atom. The standard InChI is InChI=1S/C26H28ClNO/c1-25(2,3)19-13-16(14-20(24(19)29)26(4,5)6)23-18-9-7-8-10-21(18)28-12-11-17(27)15-22(23)28/h7-15,29H,1-6H3. The van der Waals surface area contributed by atoms with Crippen molar-refractivity contribution in [1.29, 1.82) is 0 Å². The highest BCUT2D eigenvalue weighted by atomic mass is 35.5. The van der Waals surface area contributed by atoms with Crippen molar-refractivity contribution < 1.29 is 5.11 Å². The van der Waals surface area contributed by atoms with E-state index in [1.165, 1.54) is 5.39 Å². The fourth-order valence-corrected chi connectivity index (χ4v) is 4.30. The van der Waals surface area contributed by atoms with Crippen LogP contribution in [0.1, 0.15) is 52.7 Å². The molecular weight excluding hydrogens is 378 g/mol. The molecule has 2 aromatic heterocycles. The predicted octanol–water partition coefficient (Wildman–Crippen LogP) is 7.71. The maximum atomic E-state index is 11.1. The second-order valence-electron chi connectivity index (χ2n) is 9.91. The van der Waals surface area contributed by atoms with E-state index in [4.69, 9.17) is 11.6 Å². The number of rotatable bonds is 1. The van der Waals surface area contributed by atoms with Crippen molar-refractivity contribution in [3.8, 4) is 16.9 Å². The number of benzene rings is 2. The Morgan fingerprint density at radius 1 is 0.793 bits per heavy atom. The first-order chi connectivity index (χ1) is 13.5. The molecule has 2 heterocycles. The molecule has 4 aromatic rings. The van der Waals surface area contributed by atoms with Gasteiger partial charge in [0, 0.05) is 33.3 Å². The van der Waals surface area contributed by atoms with Crippen LogP contribution in [0.25, 0.3) is 27.5 Å². The highest BCUT2D eigenvalue weighted by molar-refractivity contribution is 6.31. The minimum Gasteiger partial charge on any atom is -0.507 e. The lowest BCUT2D eigenvalue weighted by Gasteiger charge is -2.28. The molecule has 150 valence electrons. The summed E-state index contributed by atoms with van der Waals surface area (Å²) in [6.07, 6.45) is 2.03. The van der Waals surface area contributed by atoms with E-state index >= 15 is 0 Å². The molecule has 0 bridgehead atoms. The fourth-order valence-electron chi connectivity index (χ4n) is 4.14. The Balaban J connectivity index is 2.17. The van der Waals surface area contributed by atoms with E-state index in [2.05, 4.69) is 82.3 Å². The number of nitrogens with zero attached hydrogens (tertiary/aromatic N) is 1. The number of aromatic hydroxyl groups is 1. The molecule has 0 amide bonds. The molecule has 0 aliphatic carbocycles. The molecule has 4 rings (SSSR count). The van der Waals surface area contributed by atoms with E-state index in [1.54, 1.807) is 0 Å². The molecule has 29 heavy (non-hydrogen) atoms. The highest BCUT2D eigenvalue weighted by Crippen LogP contribution is 2.44. The van der Waals surface area contributed by atoms with Gasteiger partial charge in [-0.05, 0) is 46.7 Å². The zero-order chi connectivity index (χ0) is 21.1. The van der Waals surface area contributed by atoms with Crippen LogP contribution in [0.3, 0.4) is 0 Å². The fraction of sp³-hybridized carbons (Fsp3) is 0.308. The molecule has 0 saturated carbocycles. The maximum Gasteiger partial charge on any atom is 0.123 e. The van der Waals surface area contributed by atoms with Gasteiger partial charge in [-0.2, -0.15) is 0 Å². The van der Waals surface area contributed by atoms with Crippen LogP contribution in [0.15, 0.2) is 54.7 Å². The van der Waals surface area contributed by atoms with Crippen molar-refractivity contribution in [2.75, 3.05) is 0 Å². The van der Waals surface area contributed by atoms with Crippen molar-refractivity contribution in [1.82, 2.24) is 4.40 Å². The van der Waals surface area contributed by atoms with Crippen LogP contribution in [0.2, 0.25) is 5.02 Å². The second-order valence-corrected chi connectivity index (χ2v) is 10.3. The molecular formula is C26H28ClNO. The number of halogens is 1. The molecule has 0 aliphatic rings. The third-order valence-electron chi connectivity index (χ3n) is 5.62. The van der Waals surface area contributed by atoms with Crippen LogP contribution in [0.5, 0.6) is 5.75 Å². The van der Waals surface area contributed by atoms with E-state index in [-0.39, 0.29) is 10.8 Å². The van der Waals surface area contributed by atoms with Gasteiger partial charge in [0.25, 0.3) is 0 Å². The van der Waals surface area contributed by atoms with E-state index in [1.807, 2.05) is 18.3 Å². The molecule has 0 aliphatic heterocycles. The SMILES string of the molecule is CC(C)(C)c1cc(-c2c3ccccc3n3ccc(Cl)cc23)cc(C(C)(C)C)c1O. The summed E-state index contributed by atoms with van der Waals surface area (Å²) in [6.45, 7) is 12.9. The molecule has 0 radical (unpaired) electrons. The van der Waals surface area contributed by atoms with Crippen LogP contribution < -0.4 is 0 Å². The minimum atomic E-state index is -0.177. The molecule has 3 heteroatoms. The number of hydrogen-bond donors (Lipinski definition) is 1. The third kappa shape index (κ3) is 3.30.